The summed E-state index contributed by atoms with van der Waals surface area (Å²) in [4.78, 5) is 24.4. The number of anilines is 1. The molecule has 8 heteroatoms. The number of benzene rings is 1. The summed E-state index contributed by atoms with van der Waals surface area (Å²) in [6.45, 7) is 6.44. The van der Waals surface area contributed by atoms with Crippen molar-refractivity contribution in [3.63, 3.8) is 0 Å². The fraction of sp³-hybridized carbons (Fsp3) is 0.421. The molecule has 0 radical (unpaired) electrons. The molecule has 27 heavy (non-hydrogen) atoms. The Morgan fingerprint density at radius 2 is 2.15 bits per heavy atom. The van der Waals surface area contributed by atoms with Gasteiger partial charge in [-0.1, -0.05) is 18.2 Å². The minimum Gasteiger partial charge on any atom is -0.357 e. The minimum atomic E-state index is 0. The lowest BCUT2D eigenvalue weighted by Crippen LogP contribution is -2.39. The molecule has 2 N–H and O–H groups in total. The first-order valence-corrected chi connectivity index (χ1v) is 9.80. The van der Waals surface area contributed by atoms with Gasteiger partial charge in [0.05, 0.1) is 5.01 Å². The molecule has 146 valence electrons. The summed E-state index contributed by atoms with van der Waals surface area (Å²) in [5, 5.41) is 7.58. The fourth-order valence-electron chi connectivity index (χ4n) is 2.98. The molecule has 0 saturated carbocycles. The van der Waals surface area contributed by atoms with E-state index in [2.05, 4.69) is 33.6 Å². The Balaban J connectivity index is 0.00000261. The number of aliphatic imine (C=N–C) groups is 1. The highest BCUT2D eigenvalue weighted by atomic mass is 127. The maximum absolute atomic E-state index is 12.6. The summed E-state index contributed by atoms with van der Waals surface area (Å²) in [5.41, 5.74) is 2.25. The van der Waals surface area contributed by atoms with Crippen molar-refractivity contribution >= 4 is 52.9 Å². The van der Waals surface area contributed by atoms with Crippen LogP contribution in [0.15, 0.2) is 35.5 Å². The highest BCUT2D eigenvalue weighted by Gasteiger charge is 2.23. The van der Waals surface area contributed by atoms with E-state index >= 15 is 0 Å². The van der Waals surface area contributed by atoms with Crippen molar-refractivity contribution in [1.29, 1.82) is 0 Å². The summed E-state index contributed by atoms with van der Waals surface area (Å²) < 4.78 is 0. The highest BCUT2D eigenvalue weighted by Crippen LogP contribution is 2.27. The smallest absolute Gasteiger partial charge is 0.248 e. The third-order valence-corrected chi connectivity index (χ3v) is 5.18. The van der Waals surface area contributed by atoms with Crippen molar-refractivity contribution in [1.82, 2.24) is 15.6 Å². The van der Waals surface area contributed by atoms with Crippen LogP contribution in [0.3, 0.4) is 0 Å². The van der Waals surface area contributed by atoms with Gasteiger partial charge in [-0.05, 0) is 31.9 Å². The SMILES string of the molecule is CCNC(=NCC(=O)N1CCc2ccccc21)NCCc1ncc(C)s1.I. The molecule has 0 spiro atoms. The summed E-state index contributed by atoms with van der Waals surface area (Å²) in [6, 6.07) is 8.07. The molecular formula is C19H26IN5OS. The lowest BCUT2D eigenvalue weighted by Gasteiger charge is -2.17. The quantitative estimate of drug-likeness (QED) is 0.365. The molecule has 0 unspecified atom stereocenters. The van der Waals surface area contributed by atoms with Gasteiger partial charge in [0.1, 0.15) is 6.54 Å². The lowest BCUT2D eigenvalue weighted by atomic mass is 10.2. The standard InChI is InChI=1S/C19H25N5OS.HI/c1-3-20-19(21-10-8-17-22-12-14(2)26-17)23-13-18(25)24-11-9-15-6-4-5-7-16(15)24;/h4-7,12H,3,8-11,13H2,1-2H3,(H2,20,21,23);1H. The van der Waals surface area contributed by atoms with Crippen LogP contribution < -0.4 is 15.5 Å². The van der Waals surface area contributed by atoms with Crippen LogP contribution >= 0.6 is 35.3 Å². The zero-order valence-corrected chi connectivity index (χ0v) is 18.8. The number of hydrogen-bond donors (Lipinski definition) is 2. The summed E-state index contributed by atoms with van der Waals surface area (Å²) >= 11 is 1.71. The maximum atomic E-state index is 12.6. The van der Waals surface area contributed by atoms with E-state index < -0.39 is 0 Å². The molecule has 1 aliphatic heterocycles. The van der Waals surface area contributed by atoms with Gasteiger partial charge in [0.15, 0.2) is 5.96 Å². The number of aryl methyl sites for hydroxylation is 1. The topological polar surface area (TPSA) is 69.6 Å². The second kappa shape index (κ2) is 10.6. The number of halogens is 1. The predicted molar refractivity (Wildman–Crippen MR) is 122 cm³/mol. The van der Waals surface area contributed by atoms with E-state index in [4.69, 9.17) is 0 Å². The molecular weight excluding hydrogens is 473 g/mol. The Kier molecular flexibility index (Phi) is 8.49. The first kappa shape index (κ1) is 21.6. The van der Waals surface area contributed by atoms with Crippen LogP contribution in [-0.2, 0) is 17.6 Å². The number of aromatic nitrogens is 1. The average Bonchev–Trinajstić information content (AvgIpc) is 3.25. The van der Waals surface area contributed by atoms with Gasteiger partial charge in [-0.25, -0.2) is 9.98 Å². The number of para-hydroxylation sites is 1. The molecule has 1 amide bonds. The second-order valence-corrected chi connectivity index (χ2v) is 7.48. The number of amides is 1. The van der Waals surface area contributed by atoms with Gasteiger partial charge in [0.25, 0.3) is 0 Å². The van der Waals surface area contributed by atoms with E-state index in [9.17, 15) is 4.79 Å². The van der Waals surface area contributed by atoms with Gasteiger partial charge in [-0.2, -0.15) is 0 Å². The monoisotopic (exact) mass is 499 g/mol. The first-order chi connectivity index (χ1) is 12.7. The molecule has 0 aliphatic carbocycles. The van der Waals surface area contributed by atoms with E-state index in [1.807, 2.05) is 36.2 Å². The molecule has 0 atom stereocenters. The minimum absolute atomic E-state index is 0. The number of nitrogens with zero attached hydrogens (tertiary/aromatic N) is 3. The van der Waals surface area contributed by atoms with Crippen LogP contribution in [0.2, 0.25) is 0 Å². The number of carbonyl (C=O) groups is 1. The Morgan fingerprint density at radius 3 is 2.89 bits per heavy atom. The summed E-state index contributed by atoms with van der Waals surface area (Å²) in [6.07, 6.45) is 3.65. The average molecular weight is 499 g/mol. The number of carbonyl (C=O) groups excluding carboxylic acids is 1. The van der Waals surface area contributed by atoms with Crippen LogP contribution in [0.5, 0.6) is 0 Å². The zero-order chi connectivity index (χ0) is 18.4. The van der Waals surface area contributed by atoms with Crippen molar-refractivity contribution in [3.05, 3.63) is 45.9 Å². The van der Waals surface area contributed by atoms with Gasteiger partial charge in [-0.15, -0.1) is 35.3 Å². The van der Waals surface area contributed by atoms with Gasteiger partial charge in [0, 0.05) is 42.8 Å². The van der Waals surface area contributed by atoms with Crippen molar-refractivity contribution in [2.75, 3.05) is 31.1 Å². The van der Waals surface area contributed by atoms with E-state index in [0.717, 1.165) is 43.2 Å². The van der Waals surface area contributed by atoms with Crippen LogP contribution in [0, 0.1) is 6.92 Å². The fourth-order valence-corrected chi connectivity index (χ4v) is 3.76. The molecule has 0 bridgehead atoms. The van der Waals surface area contributed by atoms with Crippen LogP contribution in [0.4, 0.5) is 5.69 Å². The second-order valence-electron chi connectivity index (χ2n) is 6.16. The van der Waals surface area contributed by atoms with E-state index in [1.54, 1.807) is 11.3 Å². The highest BCUT2D eigenvalue weighted by molar-refractivity contribution is 14.0. The van der Waals surface area contributed by atoms with Gasteiger partial charge in [-0.3, -0.25) is 4.79 Å². The molecule has 6 nitrogen and oxygen atoms in total. The molecule has 1 aromatic heterocycles. The van der Waals surface area contributed by atoms with Crippen LogP contribution in [-0.4, -0.2) is 43.0 Å². The number of nitrogens with one attached hydrogen (secondary N) is 2. The molecule has 0 fully saturated rings. The maximum Gasteiger partial charge on any atom is 0.248 e. The van der Waals surface area contributed by atoms with E-state index in [1.165, 1.54) is 10.4 Å². The largest absolute Gasteiger partial charge is 0.357 e. The molecule has 1 aromatic carbocycles. The molecule has 3 rings (SSSR count). The van der Waals surface area contributed by atoms with Crippen molar-refractivity contribution in [2.45, 2.75) is 26.7 Å². The van der Waals surface area contributed by atoms with E-state index in [0.29, 0.717) is 5.96 Å². The number of rotatable bonds is 6. The molecule has 0 saturated heterocycles. The zero-order valence-electron chi connectivity index (χ0n) is 15.7. The lowest BCUT2D eigenvalue weighted by molar-refractivity contribution is -0.117. The van der Waals surface area contributed by atoms with Gasteiger partial charge < -0.3 is 15.5 Å². The number of fused-ring (bicyclic) bond motifs is 1. The Labute approximate surface area is 181 Å². The Morgan fingerprint density at radius 1 is 1.33 bits per heavy atom. The van der Waals surface area contributed by atoms with Gasteiger partial charge >= 0.3 is 0 Å². The Bertz CT molecular complexity index is 792. The summed E-state index contributed by atoms with van der Waals surface area (Å²) in [7, 11) is 0. The molecule has 2 heterocycles. The first-order valence-electron chi connectivity index (χ1n) is 8.99. The predicted octanol–water partition coefficient (Wildman–Crippen LogP) is 2.76. The van der Waals surface area contributed by atoms with Gasteiger partial charge in [0.2, 0.25) is 5.91 Å². The van der Waals surface area contributed by atoms with Crippen LogP contribution in [0.1, 0.15) is 22.4 Å². The van der Waals surface area contributed by atoms with Crippen molar-refractivity contribution in [2.24, 2.45) is 4.99 Å². The van der Waals surface area contributed by atoms with E-state index in [-0.39, 0.29) is 36.4 Å². The number of hydrogen-bond acceptors (Lipinski definition) is 4. The third kappa shape index (κ3) is 5.90. The van der Waals surface area contributed by atoms with Crippen molar-refractivity contribution < 1.29 is 4.79 Å². The third-order valence-electron chi connectivity index (χ3n) is 4.21. The summed E-state index contributed by atoms with van der Waals surface area (Å²) in [5.74, 6) is 0.698. The molecule has 2 aromatic rings. The number of guanidine groups is 1. The molecule has 1 aliphatic rings. The number of thiazole rings is 1. The van der Waals surface area contributed by atoms with Crippen LogP contribution in [0.25, 0.3) is 0 Å². The Hall–Kier alpha value is -1.68. The normalized spacial score (nSPS) is 13.1. The van der Waals surface area contributed by atoms with Crippen molar-refractivity contribution in [3.8, 4) is 0 Å².